The van der Waals surface area contributed by atoms with Crippen molar-refractivity contribution in [1.29, 1.82) is 0 Å². The van der Waals surface area contributed by atoms with Crippen molar-refractivity contribution in [2.24, 2.45) is 0 Å². The van der Waals surface area contributed by atoms with Gasteiger partial charge >= 0.3 is 11.9 Å². The van der Waals surface area contributed by atoms with Crippen LogP contribution in [0.2, 0.25) is 0 Å². The van der Waals surface area contributed by atoms with E-state index in [0.29, 0.717) is 0 Å². The van der Waals surface area contributed by atoms with Gasteiger partial charge in [-0.2, -0.15) is 0 Å². The smallest absolute Gasteiger partial charge is 0.335 e. The molecule has 4 aromatic carbocycles. The number of hydrogen-bond donors (Lipinski definition) is 2. The van der Waals surface area contributed by atoms with Crippen molar-refractivity contribution in [3.8, 4) is 11.1 Å². The first-order chi connectivity index (χ1) is 15.8. The molecule has 1 aliphatic carbocycles. The minimum Gasteiger partial charge on any atom is -0.478 e. The van der Waals surface area contributed by atoms with Crippen molar-refractivity contribution in [3.63, 3.8) is 0 Å². The van der Waals surface area contributed by atoms with E-state index < -0.39 is 17.4 Å². The standard InChI is InChI=1S/C27H16I2O4/c28-19-9-11-21-22-12-10-20(29)14-24(22)27(23(21)13-19,17-5-1-15(2-6-17)25(30)31)18-7-3-16(4-8-18)26(32)33/h1-14H,(H,30,31)(H,32,33). The molecule has 0 atom stereocenters. The molecule has 4 aromatic rings. The molecule has 0 unspecified atom stereocenters. The fraction of sp³-hybridized carbons (Fsp3) is 0.0370. The maximum atomic E-state index is 11.5. The third-order valence-corrected chi connectivity index (χ3v) is 7.53. The number of aromatic carboxylic acids is 2. The highest BCUT2D eigenvalue weighted by Crippen LogP contribution is 2.56. The highest BCUT2D eigenvalue weighted by Gasteiger charge is 2.46. The summed E-state index contributed by atoms with van der Waals surface area (Å²) in [4.78, 5) is 23.0. The van der Waals surface area contributed by atoms with Crippen molar-refractivity contribution < 1.29 is 19.8 Å². The number of carbonyl (C=O) groups is 2. The average molecular weight is 658 g/mol. The third kappa shape index (κ3) is 3.47. The number of carboxylic acids is 2. The predicted octanol–water partition coefficient (Wildman–Crippen LogP) is 6.66. The summed E-state index contributed by atoms with van der Waals surface area (Å²) in [5, 5.41) is 18.9. The number of hydrogen-bond acceptors (Lipinski definition) is 2. The van der Waals surface area contributed by atoms with Gasteiger partial charge in [-0.3, -0.25) is 0 Å². The van der Waals surface area contributed by atoms with Crippen LogP contribution < -0.4 is 0 Å². The molecule has 33 heavy (non-hydrogen) atoms. The van der Waals surface area contributed by atoms with Crippen molar-refractivity contribution in [2.45, 2.75) is 5.41 Å². The summed E-state index contributed by atoms with van der Waals surface area (Å²) in [6.07, 6.45) is 0. The second-order valence-corrected chi connectivity index (χ2v) is 10.4. The zero-order valence-corrected chi connectivity index (χ0v) is 21.4. The molecule has 162 valence electrons. The summed E-state index contributed by atoms with van der Waals surface area (Å²) in [6, 6.07) is 26.7. The molecule has 0 fully saturated rings. The van der Waals surface area contributed by atoms with Crippen molar-refractivity contribution >= 4 is 57.1 Å². The predicted molar refractivity (Wildman–Crippen MR) is 143 cm³/mol. The van der Waals surface area contributed by atoms with Gasteiger partial charge in [-0.05, 0) is 127 Å². The summed E-state index contributed by atoms with van der Waals surface area (Å²) in [6.45, 7) is 0. The highest BCUT2D eigenvalue weighted by atomic mass is 127. The zero-order chi connectivity index (χ0) is 23.3. The molecular weight excluding hydrogens is 642 g/mol. The lowest BCUT2D eigenvalue weighted by Gasteiger charge is -2.34. The van der Waals surface area contributed by atoms with Crippen LogP contribution in [0.5, 0.6) is 0 Å². The van der Waals surface area contributed by atoms with Gasteiger partial charge in [0, 0.05) is 7.14 Å². The van der Waals surface area contributed by atoms with Gasteiger partial charge in [0.1, 0.15) is 0 Å². The molecule has 0 radical (unpaired) electrons. The minimum absolute atomic E-state index is 0.221. The van der Waals surface area contributed by atoms with E-state index in [2.05, 4.69) is 81.6 Å². The van der Waals surface area contributed by atoms with Crippen LogP contribution in [0.25, 0.3) is 11.1 Å². The fourth-order valence-electron chi connectivity index (χ4n) is 4.78. The lowest BCUT2D eigenvalue weighted by molar-refractivity contribution is 0.0686. The largest absolute Gasteiger partial charge is 0.478 e. The lowest BCUT2D eigenvalue weighted by atomic mass is 9.67. The van der Waals surface area contributed by atoms with Gasteiger partial charge in [-0.25, -0.2) is 9.59 Å². The van der Waals surface area contributed by atoms with Gasteiger partial charge in [-0.15, -0.1) is 0 Å². The molecule has 4 nitrogen and oxygen atoms in total. The van der Waals surface area contributed by atoms with E-state index in [-0.39, 0.29) is 11.1 Å². The molecule has 5 rings (SSSR count). The molecular formula is C27H16I2O4. The Morgan fingerprint density at radius 3 is 1.27 bits per heavy atom. The Morgan fingerprint density at radius 2 is 0.939 bits per heavy atom. The Labute approximate surface area is 217 Å². The lowest BCUT2D eigenvalue weighted by Crippen LogP contribution is -2.29. The molecule has 0 saturated heterocycles. The zero-order valence-electron chi connectivity index (χ0n) is 17.0. The Balaban J connectivity index is 1.90. The fourth-order valence-corrected chi connectivity index (χ4v) is 5.76. The van der Waals surface area contributed by atoms with Crippen LogP contribution in [-0.4, -0.2) is 22.2 Å². The van der Waals surface area contributed by atoms with Crippen LogP contribution in [0.3, 0.4) is 0 Å². The molecule has 0 saturated carbocycles. The summed E-state index contributed by atoms with van der Waals surface area (Å²) in [5.41, 5.74) is 6.02. The van der Waals surface area contributed by atoms with Gasteiger partial charge in [0.2, 0.25) is 0 Å². The van der Waals surface area contributed by atoms with Crippen LogP contribution in [0, 0.1) is 7.14 Å². The number of fused-ring (bicyclic) bond motifs is 3. The van der Waals surface area contributed by atoms with Gasteiger partial charge in [0.15, 0.2) is 0 Å². The second-order valence-electron chi connectivity index (χ2n) is 7.89. The maximum Gasteiger partial charge on any atom is 0.335 e. The van der Waals surface area contributed by atoms with Crippen molar-refractivity contribution in [3.05, 3.63) is 125 Å². The van der Waals surface area contributed by atoms with Crippen LogP contribution in [0.4, 0.5) is 0 Å². The van der Waals surface area contributed by atoms with E-state index in [1.165, 1.54) is 0 Å². The van der Waals surface area contributed by atoms with Gasteiger partial charge < -0.3 is 10.2 Å². The van der Waals surface area contributed by atoms with E-state index >= 15 is 0 Å². The molecule has 0 heterocycles. The topological polar surface area (TPSA) is 74.6 Å². The van der Waals surface area contributed by atoms with Crippen LogP contribution in [0.15, 0.2) is 84.9 Å². The first-order valence-corrected chi connectivity index (χ1v) is 12.3. The van der Waals surface area contributed by atoms with Crippen molar-refractivity contribution in [2.75, 3.05) is 0 Å². The maximum absolute atomic E-state index is 11.5. The Kier molecular flexibility index (Phi) is 5.52. The number of halogens is 2. The third-order valence-electron chi connectivity index (χ3n) is 6.19. The Hall–Kier alpha value is -2.72. The van der Waals surface area contributed by atoms with Gasteiger partial charge in [0.25, 0.3) is 0 Å². The summed E-state index contributed by atoms with van der Waals surface area (Å²) in [7, 11) is 0. The van der Waals surface area contributed by atoms with Gasteiger partial charge in [0.05, 0.1) is 16.5 Å². The molecule has 0 aromatic heterocycles. The molecule has 0 bridgehead atoms. The van der Waals surface area contributed by atoms with E-state index in [1.54, 1.807) is 24.3 Å². The average Bonchev–Trinajstić information content (AvgIpc) is 3.08. The highest BCUT2D eigenvalue weighted by molar-refractivity contribution is 14.1. The first-order valence-electron chi connectivity index (χ1n) is 10.1. The van der Waals surface area contributed by atoms with E-state index in [4.69, 9.17) is 0 Å². The number of carboxylic acid groups (broad SMARTS) is 2. The first kappa shape index (κ1) is 22.1. The summed E-state index contributed by atoms with van der Waals surface area (Å²) in [5.74, 6) is -1.95. The number of benzene rings is 4. The van der Waals surface area contributed by atoms with E-state index in [1.807, 2.05) is 24.3 Å². The van der Waals surface area contributed by atoms with Gasteiger partial charge in [-0.1, -0.05) is 36.4 Å². The molecule has 0 aliphatic heterocycles. The second kappa shape index (κ2) is 8.25. The minimum atomic E-state index is -0.974. The van der Waals surface area contributed by atoms with E-state index in [9.17, 15) is 19.8 Å². The molecule has 6 heteroatoms. The van der Waals surface area contributed by atoms with Crippen LogP contribution >= 0.6 is 45.2 Å². The van der Waals surface area contributed by atoms with E-state index in [0.717, 1.165) is 40.5 Å². The monoisotopic (exact) mass is 658 g/mol. The molecule has 0 spiro atoms. The molecule has 0 amide bonds. The van der Waals surface area contributed by atoms with Crippen LogP contribution in [0.1, 0.15) is 43.0 Å². The SMILES string of the molecule is O=C(O)c1ccc(C2(c3ccc(C(=O)O)cc3)c3cc(I)ccc3-c3ccc(I)cc32)cc1. The summed E-state index contributed by atoms with van der Waals surface area (Å²) < 4.78 is 2.17. The quantitative estimate of drug-likeness (QED) is 0.212. The van der Waals surface area contributed by atoms with Crippen molar-refractivity contribution in [1.82, 2.24) is 0 Å². The molecule has 2 N–H and O–H groups in total. The number of rotatable bonds is 4. The Bertz CT molecular complexity index is 1310. The normalized spacial score (nSPS) is 13.3. The molecule has 1 aliphatic rings. The Morgan fingerprint density at radius 1 is 0.576 bits per heavy atom. The summed E-state index contributed by atoms with van der Waals surface area (Å²) >= 11 is 4.61. The van der Waals surface area contributed by atoms with Crippen LogP contribution in [-0.2, 0) is 5.41 Å².